The van der Waals surface area contributed by atoms with E-state index in [1.807, 2.05) is 24.3 Å². The molecular weight excluding hydrogens is 254 g/mol. The molecule has 0 bridgehead atoms. The van der Waals surface area contributed by atoms with Crippen molar-refractivity contribution in [3.05, 3.63) is 35.4 Å². The zero-order valence-corrected chi connectivity index (χ0v) is 12.0. The van der Waals surface area contributed by atoms with Crippen LogP contribution in [0.2, 0.25) is 0 Å². The van der Waals surface area contributed by atoms with E-state index < -0.39 is 0 Å². The van der Waals surface area contributed by atoms with Gasteiger partial charge in [-0.1, -0.05) is 36.3 Å². The lowest BCUT2D eigenvalue weighted by Gasteiger charge is -2.23. The molecule has 1 heterocycles. The Labute approximate surface area is 120 Å². The van der Waals surface area contributed by atoms with Crippen LogP contribution in [0.3, 0.4) is 0 Å². The highest BCUT2D eigenvalue weighted by molar-refractivity contribution is 5.96. The van der Waals surface area contributed by atoms with Gasteiger partial charge < -0.3 is 15.7 Å². The van der Waals surface area contributed by atoms with Crippen LogP contribution in [-0.2, 0) is 11.3 Å². The average molecular weight is 277 g/mol. The molecule has 3 N–H and O–H groups in total. The Morgan fingerprint density at radius 1 is 1.45 bits per heavy atom. The summed E-state index contributed by atoms with van der Waals surface area (Å²) < 4.78 is 5.69. The summed E-state index contributed by atoms with van der Waals surface area (Å²) in [5.41, 5.74) is 7.51. The number of ether oxygens (including phenoxy) is 1. The molecule has 0 saturated carbocycles. The topological polar surface area (TPSA) is 71.1 Å². The quantitative estimate of drug-likeness (QED) is 0.360. The van der Waals surface area contributed by atoms with Gasteiger partial charge in [-0.05, 0) is 24.9 Å². The second-order valence-corrected chi connectivity index (χ2v) is 5.14. The molecule has 1 aromatic rings. The summed E-state index contributed by atoms with van der Waals surface area (Å²) in [6.45, 7) is 5.95. The van der Waals surface area contributed by atoms with Crippen LogP contribution in [0, 0.1) is 0 Å². The molecule has 1 saturated heterocycles. The Balaban J connectivity index is 1.93. The summed E-state index contributed by atoms with van der Waals surface area (Å²) >= 11 is 0. The molecule has 1 fully saturated rings. The predicted molar refractivity (Wildman–Crippen MR) is 78.9 cm³/mol. The lowest BCUT2D eigenvalue weighted by Crippen LogP contribution is -2.31. The van der Waals surface area contributed by atoms with Crippen molar-refractivity contribution in [1.29, 1.82) is 0 Å². The summed E-state index contributed by atoms with van der Waals surface area (Å²) in [6.07, 6.45) is 2.72. The van der Waals surface area contributed by atoms with E-state index in [9.17, 15) is 0 Å². The summed E-state index contributed by atoms with van der Waals surface area (Å²) in [5, 5.41) is 11.6. The minimum atomic E-state index is 0.142. The molecule has 1 aliphatic heterocycles. The van der Waals surface area contributed by atoms with E-state index in [-0.39, 0.29) is 5.84 Å². The van der Waals surface area contributed by atoms with Gasteiger partial charge in [-0.15, -0.1) is 0 Å². The fourth-order valence-corrected chi connectivity index (χ4v) is 2.48. The van der Waals surface area contributed by atoms with E-state index in [0.717, 1.165) is 31.8 Å². The fraction of sp³-hybridized carbons (Fsp3) is 0.533. The summed E-state index contributed by atoms with van der Waals surface area (Å²) in [6, 6.07) is 7.80. The number of benzene rings is 1. The van der Waals surface area contributed by atoms with Crippen LogP contribution in [0.5, 0.6) is 0 Å². The zero-order chi connectivity index (χ0) is 14.4. The number of nitrogens with two attached hydrogens (primary N) is 1. The minimum absolute atomic E-state index is 0.142. The van der Waals surface area contributed by atoms with Gasteiger partial charge in [0.2, 0.25) is 0 Å². The van der Waals surface area contributed by atoms with Crippen molar-refractivity contribution in [2.75, 3.05) is 19.7 Å². The van der Waals surface area contributed by atoms with Gasteiger partial charge in [-0.3, -0.25) is 4.90 Å². The van der Waals surface area contributed by atoms with Gasteiger partial charge in [-0.2, -0.15) is 0 Å². The normalized spacial score (nSPS) is 19.7. The van der Waals surface area contributed by atoms with E-state index >= 15 is 0 Å². The molecule has 5 heteroatoms. The van der Waals surface area contributed by atoms with E-state index in [1.54, 1.807) is 0 Å². The highest BCUT2D eigenvalue weighted by Crippen LogP contribution is 2.15. The van der Waals surface area contributed by atoms with Crippen molar-refractivity contribution >= 4 is 5.84 Å². The second kappa shape index (κ2) is 7.26. The molecule has 1 unspecified atom stereocenters. The van der Waals surface area contributed by atoms with Gasteiger partial charge in [0.05, 0.1) is 6.10 Å². The molecule has 0 aliphatic carbocycles. The first-order valence-electron chi connectivity index (χ1n) is 7.13. The molecule has 2 rings (SSSR count). The molecule has 1 atom stereocenters. The van der Waals surface area contributed by atoms with E-state index in [4.69, 9.17) is 15.7 Å². The second-order valence-electron chi connectivity index (χ2n) is 5.14. The third kappa shape index (κ3) is 3.95. The van der Waals surface area contributed by atoms with Crippen molar-refractivity contribution in [3.63, 3.8) is 0 Å². The van der Waals surface area contributed by atoms with Gasteiger partial charge in [0.1, 0.15) is 0 Å². The van der Waals surface area contributed by atoms with E-state index in [1.165, 1.54) is 18.4 Å². The largest absolute Gasteiger partial charge is 0.409 e. The van der Waals surface area contributed by atoms with Crippen molar-refractivity contribution in [2.45, 2.75) is 32.4 Å². The molecule has 0 amide bonds. The van der Waals surface area contributed by atoms with Crippen LogP contribution in [0.15, 0.2) is 29.4 Å². The van der Waals surface area contributed by atoms with Crippen LogP contribution in [0.25, 0.3) is 0 Å². The lowest BCUT2D eigenvalue weighted by molar-refractivity contribution is 0.0725. The van der Waals surface area contributed by atoms with Crippen molar-refractivity contribution in [1.82, 2.24) is 4.90 Å². The number of oxime groups is 1. The zero-order valence-electron chi connectivity index (χ0n) is 12.0. The first-order chi connectivity index (χ1) is 9.72. The molecule has 1 aliphatic rings. The van der Waals surface area contributed by atoms with Gasteiger partial charge in [0.25, 0.3) is 0 Å². The van der Waals surface area contributed by atoms with E-state index in [0.29, 0.717) is 6.10 Å². The fourth-order valence-electron chi connectivity index (χ4n) is 2.48. The molecule has 0 radical (unpaired) electrons. The smallest absolute Gasteiger partial charge is 0.170 e. The first kappa shape index (κ1) is 14.8. The maximum absolute atomic E-state index is 8.64. The SMILES string of the molecule is CCN(Cc1ccc(C(N)=NO)cc1)CC1CCCO1. The highest BCUT2D eigenvalue weighted by Gasteiger charge is 2.18. The van der Waals surface area contributed by atoms with Crippen molar-refractivity contribution in [3.8, 4) is 0 Å². The van der Waals surface area contributed by atoms with Crippen LogP contribution < -0.4 is 5.73 Å². The van der Waals surface area contributed by atoms with Crippen LogP contribution >= 0.6 is 0 Å². The van der Waals surface area contributed by atoms with Gasteiger partial charge >= 0.3 is 0 Å². The number of nitrogens with zero attached hydrogens (tertiary/aromatic N) is 2. The van der Waals surface area contributed by atoms with Crippen LogP contribution in [0.4, 0.5) is 0 Å². The maximum atomic E-state index is 8.64. The number of amidine groups is 1. The summed E-state index contributed by atoms with van der Waals surface area (Å²) in [7, 11) is 0. The Morgan fingerprint density at radius 3 is 2.75 bits per heavy atom. The first-order valence-corrected chi connectivity index (χ1v) is 7.13. The Hall–Kier alpha value is -1.59. The molecule has 0 spiro atoms. The molecule has 0 aromatic heterocycles. The molecule has 110 valence electrons. The molecule has 20 heavy (non-hydrogen) atoms. The minimum Gasteiger partial charge on any atom is -0.409 e. The number of likely N-dealkylation sites (N-methyl/N-ethyl adjacent to an activating group) is 1. The van der Waals surface area contributed by atoms with Gasteiger partial charge in [-0.25, -0.2) is 0 Å². The standard InChI is InChI=1S/C15H23N3O2/c1-2-18(11-14-4-3-9-20-14)10-12-5-7-13(8-6-12)15(16)17-19/h5-8,14,19H,2-4,9-11H2,1H3,(H2,16,17). The monoisotopic (exact) mass is 277 g/mol. The van der Waals surface area contributed by atoms with Crippen molar-refractivity contribution < 1.29 is 9.94 Å². The Morgan fingerprint density at radius 2 is 2.20 bits per heavy atom. The van der Waals surface area contributed by atoms with Gasteiger partial charge in [0.15, 0.2) is 5.84 Å². The molecule has 1 aromatic carbocycles. The number of hydrogen-bond acceptors (Lipinski definition) is 4. The highest BCUT2D eigenvalue weighted by atomic mass is 16.5. The molecule has 5 nitrogen and oxygen atoms in total. The van der Waals surface area contributed by atoms with E-state index in [2.05, 4.69) is 17.0 Å². The van der Waals surface area contributed by atoms with Crippen LogP contribution in [0.1, 0.15) is 30.9 Å². The predicted octanol–water partition coefficient (Wildman–Crippen LogP) is 1.78. The Bertz CT molecular complexity index is 439. The molecular formula is C15H23N3O2. The maximum Gasteiger partial charge on any atom is 0.170 e. The van der Waals surface area contributed by atoms with Crippen LogP contribution in [-0.4, -0.2) is 41.7 Å². The van der Waals surface area contributed by atoms with Crippen molar-refractivity contribution in [2.24, 2.45) is 10.9 Å². The number of hydrogen-bond donors (Lipinski definition) is 2. The summed E-state index contributed by atoms with van der Waals surface area (Å²) in [5.74, 6) is 0.142. The summed E-state index contributed by atoms with van der Waals surface area (Å²) in [4.78, 5) is 2.38. The van der Waals surface area contributed by atoms with Gasteiger partial charge in [0, 0.05) is 25.3 Å². The third-order valence-corrected chi connectivity index (χ3v) is 3.70. The average Bonchev–Trinajstić information content (AvgIpc) is 2.99. The Kier molecular flexibility index (Phi) is 5.38. The number of rotatable bonds is 6. The lowest BCUT2D eigenvalue weighted by atomic mass is 10.1. The third-order valence-electron chi connectivity index (χ3n) is 3.70.